The van der Waals surface area contributed by atoms with Crippen LogP contribution in [0.3, 0.4) is 0 Å². The van der Waals surface area contributed by atoms with Crippen LogP contribution in [0.2, 0.25) is 0 Å². The summed E-state index contributed by atoms with van der Waals surface area (Å²) in [6, 6.07) is 0.310. The molecule has 0 saturated carbocycles. The summed E-state index contributed by atoms with van der Waals surface area (Å²) in [5, 5.41) is 0. The van der Waals surface area contributed by atoms with Crippen LogP contribution in [0.25, 0.3) is 0 Å². The molecule has 2 N–H and O–H groups in total. The molecule has 0 radical (unpaired) electrons. The van der Waals surface area contributed by atoms with Crippen molar-refractivity contribution in [2.75, 3.05) is 0 Å². The molecule has 0 aromatic rings. The molecule has 2 atom stereocenters. The average Bonchev–Trinajstić information content (AvgIpc) is 1.62. The van der Waals surface area contributed by atoms with Crippen molar-refractivity contribution >= 4 is 0 Å². The Bertz CT molecular complexity index is 79.1. The van der Waals surface area contributed by atoms with Crippen LogP contribution in [-0.4, -0.2) is 6.04 Å². The van der Waals surface area contributed by atoms with Crippen molar-refractivity contribution in [2.45, 2.75) is 40.7 Å². The molecule has 0 aromatic carbocycles. The number of rotatable bonds is 1. The second kappa shape index (κ2) is 2.70. The van der Waals surface area contributed by atoms with E-state index < -0.39 is 0 Å². The zero-order chi connectivity index (χ0) is 7.65. The highest BCUT2D eigenvalue weighted by Gasteiger charge is 2.22. The Hall–Kier alpha value is -0.0400. The predicted molar refractivity (Wildman–Crippen MR) is 42.3 cm³/mol. The van der Waals surface area contributed by atoms with E-state index in [1.165, 1.54) is 0 Å². The number of hydrogen-bond donors (Lipinski definition) is 1. The lowest BCUT2D eigenvalue weighted by molar-refractivity contribution is 0.230. The van der Waals surface area contributed by atoms with E-state index in [9.17, 15) is 0 Å². The van der Waals surface area contributed by atoms with Crippen LogP contribution in [-0.2, 0) is 0 Å². The summed E-state index contributed by atoms with van der Waals surface area (Å²) in [6.45, 7) is 10.9. The van der Waals surface area contributed by atoms with E-state index in [4.69, 9.17) is 5.73 Å². The third-order valence-electron chi connectivity index (χ3n) is 2.15. The fraction of sp³-hybridized carbons (Fsp3) is 1.00. The quantitative estimate of drug-likeness (QED) is 0.576. The van der Waals surface area contributed by atoms with E-state index in [-0.39, 0.29) is 0 Å². The molecule has 0 rings (SSSR count). The Morgan fingerprint density at radius 2 is 1.44 bits per heavy atom. The van der Waals surface area contributed by atoms with Gasteiger partial charge in [-0.15, -0.1) is 0 Å². The van der Waals surface area contributed by atoms with Crippen LogP contribution < -0.4 is 5.73 Å². The fourth-order valence-corrected chi connectivity index (χ4v) is 0.789. The van der Waals surface area contributed by atoms with Gasteiger partial charge in [-0.1, -0.05) is 27.7 Å². The molecule has 0 heterocycles. The molecule has 0 spiro atoms. The summed E-state index contributed by atoms with van der Waals surface area (Å²) in [6.07, 6.45) is 0. The van der Waals surface area contributed by atoms with Crippen molar-refractivity contribution in [3.63, 3.8) is 0 Å². The third kappa shape index (κ3) is 2.85. The normalized spacial score (nSPS) is 19.3. The molecule has 0 aliphatic carbocycles. The number of hydrogen-bond acceptors (Lipinski definition) is 1. The molecular weight excluding hydrogens is 110 g/mol. The van der Waals surface area contributed by atoms with Gasteiger partial charge in [0.1, 0.15) is 0 Å². The van der Waals surface area contributed by atoms with E-state index >= 15 is 0 Å². The van der Waals surface area contributed by atoms with Crippen molar-refractivity contribution in [3.8, 4) is 0 Å². The summed E-state index contributed by atoms with van der Waals surface area (Å²) in [5.41, 5.74) is 6.08. The van der Waals surface area contributed by atoms with Crippen LogP contribution in [0.4, 0.5) is 0 Å². The van der Waals surface area contributed by atoms with Gasteiger partial charge in [-0.2, -0.15) is 0 Å². The Labute approximate surface area is 58.6 Å². The SMILES string of the molecule is CC([C@H](C)N)C(C)(C)C. The smallest absolute Gasteiger partial charge is 0.00411 e. The molecule has 0 aromatic heterocycles. The monoisotopic (exact) mass is 129 g/mol. The summed E-state index contributed by atoms with van der Waals surface area (Å²) >= 11 is 0. The maximum Gasteiger partial charge on any atom is 0.00411 e. The minimum atomic E-state index is 0.310. The van der Waals surface area contributed by atoms with E-state index in [0.717, 1.165) is 0 Å². The van der Waals surface area contributed by atoms with Gasteiger partial charge < -0.3 is 5.73 Å². The largest absolute Gasteiger partial charge is 0.328 e. The molecule has 56 valence electrons. The van der Waals surface area contributed by atoms with Crippen molar-refractivity contribution in [1.82, 2.24) is 0 Å². The minimum absolute atomic E-state index is 0.310. The minimum Gasteiger partial charge on any atom is -0.328 e. The topological polar surface area (TPSA) is 26.0 Å². The summed E-state index contributed by atoms with van der Waals surface area (Å²) in [7, 11) is 0. The van der Waals surface area contributed by atoms with E-state index in [2.05, 4.69) is 34.6 Å². The fourth-order valence-electron chi connectivity index (χ4n) is 0.789. The van der Waals surface area contributed by atoms with Gasteiger partial charge in [0.2, 0.25) is 0 Å². The van der Waals surface area contributed by atoms with Gasteiger partial charge in [0.25, 0.3) is 0 Å². The lowest BCUT2D eigenvalue weighted by Crippen LogP contribution is -2.33. The van der Waals surface area contributed by atoms with Crippen LogP contribution in [0.5, 0.6) is 0 Å². The molecule has 0 aliphatic rings. The zero-order valence-electron chi connectivity index (χ0n) is 7.23. The summed E-state index contributed by atoms with van der Waals surface area (Å²) in [4.78, 5) is 0. The molecule has 0 amide bonds. The standard InChI is InChI=1S/C8H19N/c1-6(7(2)9)8(3,4)5/h6-7H,9H2,1-5H3/t6?,7-/m0/s1. The third-order valence-corrected chi connectivity index (χ3v) is 2.15. The van der Waals surface area contributed by atoms with Crippen LogP contribution in [0.1, 0.15) is 34.6 Å². The van der Waals surface area contributed by atoms with Gasteiger partial charge in [0.05, 0.1) is 0 Å². The van der Waals surface area contributed by atoms with Crippen molar-refractivity contribution in [3.05, 3.63) is 0 Å². The lowest BCUT2D eigenvalue weighted by atomic mass is 9.78. The van der Waals surface area contributed by atoms with Crippen LogP contribution >= 0.6 is 0 Å². The predicted octanol–water partition coefficient (Wildman–Crippen LogP) is 2.02. The second-order valence-corrected chi connectivity index (χ2v) is 4.01. The van der Waals surface area contributed by atoms with Crippen LogP contribution in [0.15, 0.2) is 0 Å². The molecule has 0 saturated heterocycles. The van der Waals surface area contributed by atoms with Gasteiger partial charge in [-0.3, -0.25) is 0 Å². The summed E-state index contributed by atoms with van der Waals surface area (Å²) in [5.74, 6) is 0.595. The lowest BCUT2D eigenvalue weighted by Gasteiger charge is -2.30. The first-order valence-electron chi connectivity index (χ1n) is 3.61. The first-order valence-corrected chi connectivity index (χ1v) is 3.61. The molecule has 1 unspecified atom stereocenters. The first-order chi connectivity index (χ1) is 3.85. The first kappa shape index (κ1) is 8.96. The van der Waals surface area contributed by atoms with Gasteiger partial charge in [-0.05, 0) is 18.3 Å². The Morgan fingerprint density at radius 3 is 1.44 bits per heavy atom. The number of nitrogens with two attached hydrogens (primary N) is 1. The van der Waals surface area contributed by atoms with Crippen molar-refractivity contribution in [2.24, 2.45) is 17.1 Å². The maximum absolute atomic E-state index is 5.72. The van der Waals surface area contributed by atoms with Crippen molar-refractivity contribution in [1.29, 1.82) is 0 Å². The molecule has 0 aliphatic heterocycles. The van der Waals surface area contributed by atoms with Gasteiger partial charge in [0.15, 0.2) is 0 Å². The van der Waals surface area contributed by atoms with Gasteiger partial charge >= 0.3 is 0 Å². The van der Waals surface area contributed by atoms with E-state index in [1.807, 2.05) is 0 Å². The molecule has 0 bridgehead atoms. The molecule has 1 heteroatoms. The van der Waals surface area contributed by atoms with Gasteiger partial charge in [0, 0.05) is 6.04 Å². The second-order valence-electron chi connectivity index (χ2n) is 4.01. The molecular formula is C8H19N. The summed E-state index contributed by atoms with van der Waals surface area (Å²) < 4.78 is 0. The van der Waals surface area contributed by atoms with Crippen molar-refractivity contribution < 1.29 is 0 Å². The Morgan fingerprint density at radius 1 is 1.11 bits per heavy atom. The zero-order valence-corrected chi connectivity index (χ0v) is 7.23. The highest BCUT2D eigenvalue weighted by Crippen LogP contribution is 2.26. The maximum atomic E-state index is 5.72. The highest BCUT2D eigenvalue weighted by atomic mass is 14.6. The van der Waals surface area contributed by atoms with E-state index in [0.29, 0.717) is 17.4 Å². The highest BCUT2D eigenvalue weighted by molar-refractivity contribution is 4.75. The van der Waals surface area contributed by atoms with Crippen LogP contribution in [0, 0.1) is 11.3 Å². The average molecular weight is 129 g/mol. The Kier molecular flexibility index (Phi) is 2.68. The van der Waals surface area contributed by atoms with Gasteiger partial charge in [-0.25, -0.2) is 0 Å². The molecule has 9 heavy (non-hydrogen) atoms. The molecule has 0 fully saturated rings. The Balaban J connectivity index is 3.88. The van der Waals surface area contributed by atoms with E-state index in [1.54, 1.807) is 0 Å². The molecule has 1 nitrogen and oxygen atoms in total.